The molecule has 0 aliphatic carbocycles. The average Bonchev–Trinajstić information content (AvgIpc) is 3.46. The molecule has 0 N–H and O–H groups in total. The molecule has 6 nitrogen and oxygen atoms in total. The Morgan fingerprint density at radius 2 is 1.88 bits per heavy atom. The number of para-hydroxylation sites is 1. The average molecular weight is 457 g/mol. The summed E-state index contributed by atoms with van der Waals surface area (Å²) in [6.07, 6.45) is 3.67. The summed E-state index contributed by atoms with van der Waals surface area (Å²) < 4.78 is 1.09. The first-order valence-electron chi connectivity index (χ1n) is 10.9. The highest BCUT2D eigenvalue weighted by atomic mass is 32.1. The van der Waals surface area contributed by atoms with E-state index in [-0.39, 0.29) is 18.2 Å². The maximum absolute atomic E-state index is 13.8. The van der Waals surface area contributed by atoms with Crippen molar-refractivity contribution >= 4 is 44.2 Å². The number of benzene rings is 2. The van der Waals surface area contributed by atoms with E-state index in [4.69, 9.17) is 4.98 Å². The van der Waals surface area contributed by atoms with Crippen molar-refractivity contribution in [3.63, 3.8) is 0 Å². The van der Waals surface area contributed by atoms with Gasteiger partial charge in [0, 0.05) is 31.0 Å². The van der Waals surface area contributed by atoms with Crippen LogP contribution in [-0.4, -0.2) is 28.3 Å². The summed E-state index contributed by atoms with van der Waals surface area (Å²) in [6.45, 7) is 4.82. The number of aromatic nitrogens is 2. The van der Waals surface area contributed by atoms with Crippen LogP contribution in [0.25, 0.3) is 10.2 Å². The zero-order chi connectivity index (χ0) is 22.9. The van der Waals surface area contributed by atoms with Crippen molar-refractivity contribution in [1.29, 1.82) is 0 Å². The third-order valence-electron chi connectivity index (χ3n) is 6.03. The molecule has 2 aromatic heterocycles. The van der Waals surface area contributed by atoms with Crippen LogP contribution in [0.1, 0.15) is 23.1 Å². The first-order chi connectivity index (χ1) is 16.0. The minimum atomic E-state index is -0.427. The molecule has 1 aliphatic rings. The molecular formula is C26H24N4O2S. The summed E-state index contributed by atoms with van der Waals surface area (Å²) >= 11 is 1.53. The molecule has 1 atom stereocenters. The van der Waals surface area contributed by atoms with Crippen molar-refractivity contribution in [1.82, 2.24) is 9.97 Å². The minimum Gasteiger partial charge on any atom is -0.312 e. The first kappa shape index (κ1) is 21.3. The lowest BCUT2D eigenvalue weighted by Crippen LogP contribution is -2.37. The van der Waals surface area contributed by atoms with Crippen molar-refractivity contribution in [3.8, 4) is 0 Å². The maximum Gasteiger partial charge on any atom is 0.234 e. The van der Waals surface area contributed by atoms with E-state index in [0.29, 0.717) is 18.2 Å². The summed E-state index contributed by atoms with van der Waals surface area (Å²) in [5.74, 6) is -0.541. The number of rotatable bonds is 5. The van der Waals surface area contributed by atoms with Gasteiger partial charge in [-0.1, -0.05) is 47.7 Å². The molecule has 1 saturated heterocycles. The van der Waals surface area contributed by atoms with E-state index >= 15 is 0 Å². The smallest absolute Gasteiger partial charge is 0.234 e. The largest absolute Gasteiger partial charge is 0.312 e. The molecule has 1 fully saturated rings. The number of thiazole rings is 1. The molecule has 3 heterocycles. The van der Waals surface area contributed by atoms with E-state index in [1.54, 1.807) is 22.2 Å². The topological polar surface area (TPSA) is 66.4 Å². The lowest BCUT2D eigenvalue weighted by atomic mass is 10.1. The van der Waals surface area contributed by atoms with E-state index in [9.17, 15) is 9.59 Å². The fraction of sp³-hybridized carbons (Fsp3) is 0.231. The summed E-state index contributed by atoms with van der Waals surface area (Å²) in [5.41, 5.74) is 4.88. The number of anilines is 2. The number of aryl methyl sites for hydroxylation is 2. The molecule has 4 aromatic rings. The standard InChI is InChI=1S/C26H24N4O2S/c1-17-10-11-18(2)24-23(17)28-26(33-24)30(15-19-7-6-12-27-14-19)25(32)20-13-22(31)29(16-20)21-8-4-3-5-9-21/h3-12,14,20H,13,15-16H2,1-2H3. The Bertz CT molecular complexity index is 1280. The molecule has 5 rings (SSSR count). The Kier molecular flexibility index (Phi) is 5.64. The van der Waals surface area contributed by atoms with E-state index < -0.39 is 5.92 Å². The molecule has 166 valence electrons. The van der Waals surface area contributed by atoms with Gasteiger partial charge in [0.15, 0.2) is 5.13 Å². The Hall–Kier alpha value is -3.58. The van der Waals surface area contributed by atoms with Gasteiger partial charge in [-0.05, 0) is 48.7 Å². The normalized spacial score (nSPS) is 15.9. The molecular weight excluding hydrogens is 432 g/mol. The SMILES string of the molecule is Cc1ccc(C)c2sc(N(Cc3cccnc3)C(=O)C3CC(=O)N(c4ccccc4)C3)nc12. The predicted molar refractivity (Wildman–Crippen MR) is 131 cm³/mol. The molecule has 0 radical (unpaired) electrons. The number of nitrogens with zero attached hydrogens (tertiary/aromatic N) is 4. The van der Waals surface area contributed by atoms with Gasteiger partial charge in [0.1, 0.15) is 0 Å². The number of pyridine rings is 1. The molecule has 33 heavy (non-hydrogen) atoms. The summed E-state index contributed by atoms with van der Waals surface area (Å²) in [5, 5.41) is 0.655. The number of amides is 2. The van der Waals surface area contributed by atoms with Crippen LogP contribution >= 0.6 is 11.3 Å². The van der Waals surface area contributed by atoms with Gasteiger partial charge in [0.05, 0.1) is 22.7 Å². The minimum absolute atomic E-state index is 0.0307. The summed E-state index contributed by atoms with van der Waals surface area (Å²) in [4.78, 5) is 39.1. The van der Waals surface area contributed by atoms with Crippen LogP contribution in [0.15, 0.2) is 67.0 Å². The second-order valence-corrected chi connectivity index (χ2v) is 9.38. The van der Waals surface area contributed by atoms with Crippen LogP contribution in [0, 0.1) is 19.8 Å². The van der Waals surface area contributed by atoms with E-state index in [1.807, 2.05) is 49.4 Å². The summed E-state index contributed by atoms with van der Waals surface area (Å²) in [7, 11) is 0. The van der Waals surface area contributed by atoms with Crippen molar-refractivity contribution < 1.29 is 9.59 Å². The lowest BCUT2D eigenvalue weighted by Gasteiger charge is -2.23. The number of fused-ring (bicyclic) bond motifs is 1. The van der Waals surface area contributed by atoms with E-state index in [0.717, 1.165) is 32.6 Å². The van der Waals surface area contributed by atoms with Crippen molar-refractivity contribution in [3.05, 3.63) is 83.7 Å². The zero-order valence-electron chi connectivity index (χ0n) is 18.6. The van der Waals surface area contributed by atoms with Crippen molar-refractivity contribution in [2.75, 3.05) is 16.3 Å². The second-order valence-electron chi connectivity index (χ2n) is 8.40. The zero-order valence-corrected chi connectivity index (χ0v) is 19.4. The lowest BCUT2D eigenvalue weighted by molar-refractivity contribution is -0.124. The van der Waals surface area contributed by atoms with Crippen molar-refractivity contribution in [2.45, 2.75) is 26.8 Å². The number of carbonyl (C=O) groups is 2. The van der Waals surface area contributed by atoms with E-state index in [1.165, 1.54) is 11.3 Å². The Morgan fingerprint density at radius 3 is 2.61 bits per heavy atom. The molecule has 0 spiro atoms. The first-order valence-corrected chi connectivity index (χ1v) is 11.8. The Labute approximate surface area is 196 Å². The monoisotopic (exact) mass is 456 g/mol. The van der Waals surface area contributed by atoms with Crippen LogP contribution in [-0.2, 0) is 16.1 Å². The predicted octanol–water partition coefficient (Wildman–Crippen LogP) is 4.89. The third-order valence-corrected chi connectivity index (χ3v) is 7.25. The maximum atomic E-state index is 13.8. The second kappa shape index (κ2) is 8.75. The number of carbonyl (C=O) groups excluding carboxylic acids is 2. The van der Waals surface area contributed by atoms with Gasteiger partial charge in [0.25, 0.3) is 0 Å². The number of hydrogen-bond donors (Lipinski definition) is 0. The molecule has 2 amide bonds. The van der Waals surface area contributed by atoms with Crippen LogP contribution in [0.5, 0.6) is 0 Å². The van der Waals surface area contributed by atoms with Crippen molar-refractivity contribution in [2.24, 2.45) is 5.92 Å². The quantitative estimate of drug-likeness (QED) is 0.429. The summed E-state index contributed by atoms with van der Waals surface area (Å²) in [6, 6.07) is 17.5. The van der Waals surface area contributed by atoms with Crippen LogP contribution < -0.4 is 9.80 Å². The Balaban J connectivity index is 1.50. The van der Waals surface area contributed by atoms with Gasteiger partial charge in [-0.3, -0.25) is 19.5 Å². The van der Waals surface area contributed by atoms with Gasteiger partial charge in [-0.25, -0.2) is 4.98 Å². The molecule has 0 saturated carbocycles. The molecule has 2 aromatic carbocycles. The fourth-order valence-corrected chi connectivity index (χ4v) is 5.34. The van der Waals surface area contributed by atoms with Gasteiger partial charge < -0.3 is 4.90 Å². The highest BCUT2D eigenvalue weighted by Crippen LogP contribution is 2.35. The van der Waals surface area contributed by atoms with Gasteiger partial charge >= 0.3 is 0 Å². The molecule has 7 heteroatoms. The highest BCUT2D eigenvalue weighted by Gasteiger charge is 2.38. The van der Waals surface area contributed by atoms with Gasteiger partial charge in [0.2, 0.25) is 11.8 Å². The van der Waals surface area contributed by atoms with E-state index in [2.05, 4.69) is 24.0 Å². The van der Waals surface area contributed by atoms with Crippen LogP contribution in [0.3, 0.4) is 0 Å². The fourth-order valence-electron chi connectivity index (χ4n) is 4.23. The van der Waals surface area contributed by atoms with Gasteiger partial charge in [-0.15, -0.1) is 0 Å². The van der Waals surface area contributed by atoms with Crippen LogP contribution in [0.2, 0.25) is 0 Å². The third kappa shape index (κ3) is 4.12. The number of hydrogen-bond acceptors (Lipinski definition) is 5. The van der Waals surface area contributed by atoms with Crippen LogP contribution in [0.4, 0.5) is 10.8 Å². The molecule has 1 aliphatic heterocycles. The molecule has 0 bridgehead atoms. The molecule has 1 unspecified atom stereocenters. The highest BCUT2D eigenvalue weighted by molar-refractivity contribution is 7.22. The van der Waals surface area contributed by atoms with Gasteiger partial charge in [-0.2, -0.15) is 0 Å². The Morgan fingerprint density at radius 1 is 1.09 bits per heavy atom.